The molecule has 0 spiro atoms. The average Bonchev–Trinajstić information content (AvgIpc) is 3.21. The van der Waals surface area contributed by atoms with Gasteiger partial charge in [0.15, 0.2) is 11.5 Å². The van der Waals surface area contributed by atoms with Gasteiger partial charge in [0.05, 0.1) is 7.11 Å². The Labute approximate surface area is 168 Å². The van der Waals surface area contributed by atoms with Crippen LogP contribution in [0, 0.1) is 0 Å². The van der Waals surface area contributed by atoms with Crippen molar-refractivity contribution >= 4 is 5.97 Å². The molecule has 3 aromatic carbocycles. The number of rotatable bonds is 3. The molecular formula is C24H20O5. The second-order valence-corrected chi connectivity index (χ2v) is 7.41. The molecule has 2 atom stereocenters. The summed E-state index contributed by atoms with van der Waals surface area (Å²) in [5, 5.41) is 0. The van der Waals surface area contributed by atoms with Crippen LogP contribution in [-0.4, -0.2) is 19.9 Å². The van der Waals surface area contributed by atoms with Gasteiger partial charge in [0.25, 0.3) is 0 Å². The minimum Gasteiger partial charge on any atom is -0.497 e. The van der Waals surface area contributed by atoms with Gasteiger partial charge in [0.1, 0.15) is 16.9 Å². The van der Waals surface area contributed by atoms with Gasteiger partial charge >= 0.3 is 5.97 Å². The summed E-state index contributed by atoms with van der Waals surface area (Å²) >= 11 is 0. The van der Waals surface area contributed by atoms with Crippen LogP contribution in [0.25, 0.3) is 0 Å². The molecule has 0 bridgehead atoms. The van der Waals surface area contributed by atoms with Crippen LogP contribution >= 0.6 is 0 Å². The molecule has 2 aliphatic heterocycles. The first-order chi connectivity index (χ1) is 14.1. The van der Waals surface area contributed by atoms with Gasteiger partial charge in [-0.1, -0.05) is 42.5 Å². The van der Waals surface area contributed by atoms with Gasteiger partial charge in [-0.25, -0.2) is 0 Å². The SMILES string of the molecule is COc1ccc([C@H]2c3cc4c(cc3OC(=O)[C@@]2(C)c2ccccc2)OCO4)cc1. The van der Waals surface area contributed by atoms with E-state index in [9.17, 15) is 4.79 Å². The predicted molar refractivity (Wildman–Crippen MR) is 107 cm³/mol. The Morgan fingerprint density at radius 3 is 2.31 bits per heavy atom. The molecule has 0 aliphatic carbocycles. The van der Waals surface area contributed by atoms with Crippen LogP contribution < -0.4 is 18.9 Å². The molecule has 2 heterocycles. The van der Waals surface area contributed by atoms with Crippen molar-refractivity contribution in [3.05, 3.63) is 83.4 Å². The van der Waals surface area contributed by atoms with E-state index in [1.165, 1.54) is 0 Å². The lowest BCUT2D eigenvalue weighted by atomic mass is 9.64. The molecule has 0 amide bonds. The molecular weight excluding hydrogens is 368 g/mol. The molecule has 5 rings (SSSR count). The fourth-order valence-electron chi connectivity index (χ4n) is 4.27. The topological polar surface area (TPSA) is 54.0 Å². The number of carbonyl (C=O) groups is 1. The number of esters is 1. The van der Waals surface area contributed by atoms with Crippen LogP contribution in [0.5, 0.6) is 23.0 Å². The number of fused-ring (bicyclic) bond motifs is 2. The number of methoxy groups -OCH3 is 1. The van der Waals surface area contributed by atoms with E-state index >= 15 is 0 Å². The number of ether oxygens (including phenoxy) is 4. The maximum absolute atomic E-state index is 13.4. The molecule has 5 nitrogen and oxygen atoms in total. The molecule has 0 saturated carbocycles. The minimum atomic E-state index is -0.906. The number of benzene rings is 3. The first-order valence-corrected chi connectivity index (χ1v) is 9.46. The fraction of sp³-hybridized carbons (Fsp3) is 0.208. The number of carbonyl (C=O) groups excluding carboxylic acids is 1. The first kappa shape index (κ1) is 17.6. The van der Waals surface area contributed by atoms with Crippen molar-refractivity contribution in [1.82, 2.24) is 0 Å². The summed E-state index contributed by atoms with van der Waals surface area (Å²) in [6.07, 6.45) is 0. The molecule has 3 aromatic rings. The molecule has 5 heteroatoms. The summed E-state index contributed by atoms with van der Waals surface area (Å²) in [5.74, 6) is 1.97. The highest BCUT2D eigenvalue weighted by atomic mass is 16.7. The van der Waals surface area contributed by atoms with Gasteiger partial charge < -0.3 is 18.9 Å². The highest BCUT2D eigenvalue weighted by Gasteiger charge is 2.51. The zero-order valence-corrected chi connectivity index (χ0v) is 16.2. The molecule has 0 aromatic heterocycles. The van der Waals surface area contributed by atoms with Crippen LogP contribution in [0.4, 0.5) is 0 Å². The largest absolute Gasteiger partial charge is 0.497 e. The Hall–Kier alpha value is -3.47. The van der Waals surface area contributed by atoms with Crippen LogP contribution in [0.15, 0.2) is 66.7 Å². The van der Waals surface area contributed by atoms with Gasteiger partial charge in [0, 0.05) is 17.5 Å². The Bertz CT molecular complexity index is 1070. The summed E-state index contributed by atoms with van der Waals surface area (Å²) < 4.78 is 22.2. The summed E-state index contributed by atoms with van der Waals surface area (Å²) in [6, 6.07) is 21.2. The highest BCUT2D eigenvalue weighted by Crippen LogP contribution is 2.53. The maximum Gasteiger partial charge on any atom is 0.322 e. The quantitative estimate of drug-likeness (QED) is 0.491. The van der Waals surface area contributed by atoms with E-state index in [2.05, 4.69) is 0 Å². The molecule has 29 heavy (non-hydrogen) atoms. The Morgan fingerprint density at radius 2 is 1.62 bits per heavy atom. The third kappa shape index (κ3) is 2.65. The van der Waals surface area contributed by atoms with E-state index in [4.69, 9.17) is 18.9 Å². The van der Waals surface area contributed by atoms with E-state index in [1.807, 2.05) is 67.6 Å². The van der Waals surface area contributed by atoms with Gasteiger partial charge in [-0.2, -0.15) is 0 Å². The van der Waals surface area contributed by atoms with Gasteiger partial charge in [-0.15, -0.1) is 0 Å². The van der Waals surface area contributed by atoms with Crippen molar-refractivity contribution in [2.75, 3.05) is 13.9 Å². The Morgan fingerprint density at radius 1 is 0.931 bits per heavy atom. The molecule has 146 valence electrons. The fourth-order valence-corrected chi connectivity index (χ4v) is 4.27. The number of hydrogen-bond donors (Lipinski definition) is 0. The van der Waals surface area contributed by atoms with Gasteiger partial charge in [-0.05, 0) is 36.2 Å². The third-order valence-electron chi connectivity index (χ3n) is 5.84. The molecule has 0 fully saturated rings. The lowest BCUT2D eigenvalue weighted by Crippen LogP contribution is -2.45. The lowest BCUT2D eigenvalue weighted by Gasteiger charge is -2.41. The summed E-state index contributed by atoms with van der Waals surface area (Å²) in [5.41, 5.74) is 1.88. The van der Waals surface area contributed by atoms with E-state index in [0.717, 1.165) is 22.4 Å². The molecule has 0 saturated heterocycles. The monoisotopic (exact) mass is 388 g/mol. The smallest absolute Gasteiger partial charge is 0.322 e. The van der Waals surface area contributed by atoms with Crippen LogP contribution in [-0.2, 0) is 10.2 Å². The van der Waals surface area contributed by atoms with E-state index in [0.29, 0.717) is 17.2 Å². The number of hydrogen-bond acceptors (Lipinski definition) is 5. The molecule has 2 aliphatic rings. The van der Waals surface area contributed by atoms with E-state index in [1.54, 1.807) is 13.2 Å². The molecule has 0 N–H and O–H groups in total. The van der Waals surface area contributed by atoms with Crippen LogP contribution in [0.2, 0.25) is 0 Å². The highest BCUT2D eigenvalue weighted by molar-refractivity contribution is 5.90. The second kappa shape index (κ2) is 6.55. The van der Waals surface area contributed by atoms with Crippen molar-refractivity contribution < 1.29 is 23.7 Å². The Balaban J connectivity index is 1.75. The average molecular weight is 388 g/mol. The first-order valence-electron chi connectivity index (χ1n) is 9.46. The molecule has 0 radical (unpaired) electrons. The third-order valence-corrected chi connectivity index (χ3v) is 5.84. The zero-order valence-electron chi connectivity index (χ0n) is 16.2. The zero-order chi connectivity index (χ0) is 20.0. The lowest BCUT2D eigenvalue weighted by molar-refractivity contribution is -0.142. The van der Waals surface area contributed by atoms with Crippen molar-refractivity contribution in [1.29, 1.82) is 0 Å². The minimum absolute atomic E-state index is 0.162. The standard InChI is InChI=1S/C24H20O5/c1-24(16-6-4-3-5-7-16)22(15-8-10-17(26-2)11-9-15)18-12-20-21(28-14-27-20)13-19(18)29-23(24)25/h3-13,22H,14H2,1-2H3/t22-,24-/m0/s1. The van der Waals surface area contributed by atoms with E-state index < -0.39 is 5.41 Å². The molecule has 0 unspecified atom stereocenters. The van der Waals surface area contributed by atoms with Crippen molar-refractivity contribution in [2.45, 2.75) is 18.3 Å². The van der Waals surface area contributed by atoms with Crippen molar-refractivity contribution in [3.8, 4) is 23.0 Å². The van der Waals surface area contributed by atoms with Gasteiger partial charge in [0.2, 0.25) is 6.79 Å². The van der Waals surface area contributed by atoms with E-state index in [-0.39, 0.29) is 18.7 Å². The maximum atomic E-state index is 13.4. The Kier molecular flexibility index (Phi) is 3.98. The predicted octanol–water partition coefficient (Wildman–Crippen LogP) is 4.43. The van der Waals surface area contributed by atoms with Crippen LogP contribution in [0.1, 0.15) is 29.5 Å². The summed E-state index contributed by atoms with van der Waals surface area (Å²) in [4.78, 5) is 13.4. The normalized spacial score (nSPS) is 22.0. The summed E-state index contributed by atoms with van der Waals surface area (Å²) in [7, 11) is 1.64. The van der Waals surface area contributed by atoms with Gasteiger partial charge in [-0.3, -0.25) is 4.79 Å². The van der Waals surface area contributed by atoms with Crippen LogP contribution in [0.3, 0.4) is 0 Å². The van der Waals surface area contributed by atoms with Crippen molar-refractivity contribution in [3.63, 3.8) is 0 Å². The summed E-state index contributed by atoms with van der Waals surface area (Å²) in [6.45, 7) is 2.10. The second-order valence-electron chi connectivity index (χ2n) is 7.41. The van der Waals surface area contributed by atoms with Crippen molar-refractivity contribution in [2.24, 2.45) is 0 Å².